The number of ketones is 1. The van der Waals surface area contributed by atoms with Gasteiger partial charge in [0.05, 0.1) is 11.8 Å². The van der Waals surface area contributed by atoms with Crippen LogP contribution in [-0.2, 0) is 6.42 Å². The summed E-state index contributed by atoms with van der Waals surface area (Å²) in [4.78, 5) is 11.6. The molecule has 0 aliphatic heterocycles. The molecule has 0 radical (unpaired) electrons. The minimum atomic E-state index is 0.0330. The molecule has 0 aromatic carbocycles. The van der Waals surface area contributed by atoms with E-state index in [4.69, 9.17) is 4.42 Å². The summed E-state index contributed by atoms with van der Waals surface area (Å²) in [5.74, 6) is 0.799. The predicted molar refractivity (Wildman–Crippen MR) is 51.8 cm³/mol. The highest BCUT2D eigenvalue weighted by Crippen LogP contribution is 2.13. The summed E-state index contributed by atoms with van der Waals surface area (Å²) < 4.78 is 5.17. The standard InChI is InChI=1S/C11H14O2/c1-4-11-9(5-6-13-11)10(12)7-8(2)3/h5-7H,4H2,1-3H3. The summed E-state index contributed by atoms with van der Waals surface area (Å²) in [6.45, 7) is 5.78. The number of carbonyl (C=O) groups excluding carboxylic acids is 1. The predicted octanol–water partition coefficient (Wildman–Crippen LogP) is 2.99. The molecule has 0 saturated carbocycles. The van der Waals surface area contributed by atoms with Gasteiger partial charge in [-0.15, -0.1) is 0 Å². The number of allylic oxidation sites excluding steroid dienone is 2. The van der Waals surface area contributed by atoms with E-state index in [0.717, 1.165) is 17.8 Å². The van der Waals surface area contributed by atoms with E-state index in [0.29, 0.717) is 5.56 Å². The first-order valence-corrected chi connectivity index (χ1v) is 4.40. The molecule has 0 unspecified atom stereocenters. The van der Waals surface area contributed by atoms with Gasteiger partial charge in [-0.3, -0.25) is 4.79 Å². The van der Waals surface area contributed by atoms with Crippen LogP contribution in [0.2, 0.25) is 0 Å². The number of carbonyl (C=O) groups is 1. The first kappa shape index (κ1) is 9.78. The molecule has 70 valence electrons. The molecule has 0 aliphatic carbocycles. The fourth-order valence-electron chi connectivity index (χ4n) is 1.17. The third-order valence-electron chi connectivity index (χ3n) is 1.75. The Hall–Kier alpha value is -1.31. The van der Waals surface area contributed by atoms with Crippen LogP contribution in [0.25, 0.3) is 0 Å². The van der Waals surface area contributed by atoms with Crippen molar-refractivity contribution in [3.05, 3.63) is 35.3 Å². The Bertz CT molecular complexity index is 328. The van der Waals surface area contributed by atoms with E-state index in [1.54, 1.807) is 18.4 Å². The minimum Gasteiger partial charge on any atom is -0.469 e. The van der Waals surface area contributed by atoms with Crippen LogP contribution in [0.3, 0.4) is 0 Å². The first-order valence-electron chi connectivity index (χ1n) is 4.40. The van der Waals surface area contributed by atoms with Crippen molar-refractivity contribution in [1.82, 2.24) is 0 Å². The van der Waals surface area contributed by atoms with Gasteiger partial charge in [0, 0.05) is 6.42 Å². The highest BCUT2D eigenvalue weighted by Gasteiger charge is 2.10. The highest BCUT2D eigenvalue weighted by atomic mass is 16.3. The minimum absolute atomic E-state index is 0.0330. The first-order chi connectivity index (χ1) is 6.15. The lowest BCUT2D eigenvalue weighted by Crippen LogP contribution is -1.96. The lowest BCUT2D eigenvalue weighted by Gasteiger charge is -1.95. The van der Waals surface area contributed by atoms with Crippen molar-refractivity contribution >= 4 is 5.78 Å². The summed E-state index contributed by atoms with van der Waals surface area (Å²) in [7, 11) is 0. The van der Waals surface area contributed by atoms with E-state index in [1.807, 2.05) is 20.8 Å². The molecular formula is C11H14O2. The van der Waals surface area contributed by atoms with Gasteiger partial charge in [0.1, 0.15) is 5.76 Å². The monoisotopic (exact) mass is 178 g/mol. The van der Waals surface area contributed by atoms with Crippen molar-refractivity contribution in [3.8, 4) is 0 Å². The highest BCUT2D eigenvalue weighted by molar-refractivity contribution is 6.05. The van der Waals surface area contributed by atoms with Crippen LogP contribution < -0.4 is 0 Å². The van der Waals surface area contributed by atoms with Crippen molar-refractivity contribution < 1.29 is 9.21 Å². The maximum absolute atomic E-state index is 11.6. The third kappa shape index (κ3) is 2.31. The summed E-state index contributed by atoms with van der Waals surface area (Å²) in [6, 6.07) is 1.72. The summed E-state index contributed by atoms with van der Waals surface area (Å²) in [6.07, 6.45) is 3.94. The van der Waals surface area contributed by atoms with Gasteiger partial charge in [-0.25, -0.2) is 0 Å². The Morgan fingerprint density at radius 1 is 1.54 bits per heavy atom. The Morgan fingerprint density at radius 3 is 2.77 bits per heavy atom. The second kappa shape index (κ2) is 4.08. The number of hydrogen-bond acceptors (Lipinski definition) is 2. The van der Waals surface area contributed by atoms with Crippen molar-refractivity contribution in [1.29, 1.82) is 0 Å². The SMILES string of the molecule is CCc1occc1C(=O)C=C(C)C. The summed E-state index contributed by atoms with van der Waals surface area (Å²) in [5.41, 5.74) is 1.69. The fraction of sp³-hybridized carbons (Fsp3) is 0.364. The molecule has 0 aliphatic rings. The van der Waals surface area contributed by atoms with Gasteiger partial charge in [0.15, 0.2) is 5.78 Å². The fourth-order valence-corrected chi connectivity index (χ4v) is 1.17. The van der Waals surface area contributed by atoms with E-state index in [9.17, 15) is 4.79 Å². The number of hydrogen-bond donors (Lipinski definition) is 0. The average molecular weight is 178 g/mol. The van der Waals surface area contributed by atoms with Gasteiger partial charge in [-0.05, 0) is 26.0 Å². The van der Waals surface area contributed by atoms with Crippen LogP contribution >= 0.6 is 0 Å². The molecule has 0 amide bonds. The lowest BCUT2D eigenvalue weighted by molar-refractivity contribution is 0.104. The second-order valence-electron chi connectivity index (χ2n) is 3.20. The van der Waals surface area contributed by atoms with E-state index in [-0.39, 0.29) is 5.78 Å². The number of rotatable bonds is 3. The zero-order valence-electron chi connectivity index (χ0n) is 8.26. The maximum Gasteiger partial charge on any atom is 0.189 e. The van der Waals surface area contributed by atoms with Gasteiger partial charge >= 0.3 is 0 Å². The second-order valence-corrected chi connectivity index (χ2v) is 3.20. The quantitative estimate of drug-likeness (QED) is 0.526. The molecule has 0 bridgehead atoms. The van der Waals surface area contributed by atoms with Gasteiger partial charge in [0.25, 0.3) is 0 Å². The van der Waals surface area contributed by atoms with Crippen LogP contribution in [0.15, 0.2) is 28.4 Å². The molecule has 0 atom stereocenters. The van der Waals surface area contributed by atoms with E-state index in [2.05, 4.69) is 0 Å². The Balaban J connectivity index is 2.95. The molecule has 0 fully saturated rings. The topological polar surface area (TPSA) is 30.2 Å². The van der Waals surface area contributed by atoms with Gasteiger partial charge < -0.3 is 4.42 Å². The van der Waals surface area contributed by atoms with Gasteiger partial charge in [-0.1, -0.05) is 12.5 Å². The van der Waals surface area contributed by atoms with Crippen molar-refractivity contribution in [2.75, 3.05) is 0 Å². The normalized spacial score (nSPS) is 9.77. The zero-order chi connectivity index (χ0) is 9.84. The average Bonchev–Trinajstić information content (AvgIpc) is 2.49. The van der Waals surface area contributed by atoms with Crippen LogP contribution in [0.1, 0.15) is 36.9 Å². The van der Waals surface area contributed by atoms with Crippen molar-refractivity contribution in [2.45, 2.75) is 27.2 Å². The van der Waals surface area contributed by atoms with Crippen LogP contribution in [0.4, 0.5) is 0 Å². The van der Waals surface area contributed by atoms with Crippen molar-refractivity contribution in [2.24, 2.45) is 0 Å². The molecule has 2 heteroatoms. The summed E-state index contributed by atoms with van der Waals surface area (Å²) in [5, 5.41) is 0. The molecule has 2 nitrogen and oxygen atoms in total. The molecular weight excluding hydrogens is 164 g/mol. The molecule has 1 aromatic heterocycles. The summed E-state index contributed by atoms with van der Waals surface area (Å²) >= 11 is 0. The molecule has 0 saturated heterocycles. The Labute approximate surface area is 78.3 Å². The largest absolute Gasteiger partial charge is 0.469 e. The van der Waals surface area contributed by atoms with Crippen LogP contribution in [-0.4, -0.2) is 5.78 Å². The smallest absolute Gasteiger partial charge is 0.189 e. The van der Waals surface area contributed by atoms with E-state index in [1.165, 1.54) is 0 Å². The number of aryl methyl sites for hydroxylation is 1. The van der Waals surface area contributed by atoms with Crippen molar-refractivity contribution in [3.63, 3.8) is 0 Å². The van der Waals surface area contributed by atoms with Crippen LogP contribution in [0, 0.1) is 0 Å². The van der Waals surface area contributed by atoms with Gasteiger partial charge in [0.2, 0.25) is 0 Å². The molecule has 1 rings (SSSR count). The molecule has 1 aromatic rings. The van der Waals surface area contributed by atoms with Crippen LogP contribution in [0.5, 0.6) is 0 Å². The Morgan fingerprint density at radius 2 is 2.23 bits per heavy atom. The van der Waals surface area contributed by atoms with E-state index >= 15 is 0 Å². The Kier molecular flexibility index (Phi) is 3.07. The zero-order valence-corrected chi connectivity index (χ0v) is 8.26. The third-order valence-corrected chi connectivity index (χ3v) is 1.75. The van der Waals surface area contributed by atoms with E-state index < -0.39 is 0 Å². The lowest BCUT2D eigenvalue weighted by atomic mass is 10.1. The maximum atomic E-state index is 11.6. The van der Waals surface area contributed by atoms with Gasteiger partial charge in [-0.2, -0.15) is 0 Å². The number of furan rings is 1. The molecule has 0 N–H and O–H groups in total. The molecule has 13 heavy (non-hydrogen) atoms. The molecule has 1 heterocycles. The molecule has 0 spiro atoms.